The van der Waals surface area contributed by atoms with Crippen molar-refractivity contribution in [1.82, 2.24) is 19.1 Å². The molecule has 1 saturated heterocycles. The van der Waals surface area contributed by atoms with E-state index in [2.05, 4.69) is 10.2 Å². The Labute approximate surface area is 146 Å². The van der Waals surface area contributed by atoms with Crippen LogP contribution in [-0.4, -0.2) is 40.6 Å². The summed E-state index contributed by atoms with van der Waals surface area (Å²) in [5, 5.41) is 7.64. The normalized spacial score (nSPS) is 15.5. The van der Waals surface area contributed by atoms with Gasteiger partial charge in [0.05, 0.1) is 4.90 Å². The number of aromatic nitrogens is 3. The highest BCUT2D eigenvalue weighted by atomic mass is 32.2. The predicted octanol–water partition coefficient (Wildman–Crippen LogP) is 2.72. The molecule has 1 aliphatic heterocycles. The zero-order valence-corrected chi connectivity index (χ0v) is 14.4. The second-order valence-electron chi connectivity index (χ2n) is 6.06. The summed E-state index contributed by atoms with van der Waals surface area (Å²) in [6.07, 6.45) is 5.16. The molecule has 2 heterocycles. The Balaban J connectivity index is 1.63. The van der Waals surface area contributed by atoms with Gasteiger partial charge in [0.15, 0.2) is 0 Å². The van der Waals surface area contributed by atoms with Crippen LogP contribution in [-0.2, 0) is 10.0 Å². The van der Waals surface area contributed by atoms with Gasteiger partial charge in [-0.25, -0.2) is 8.42 Å². The molecular weight excluding hydrogens is 336 g/mol. The van der Waals surface area contributed by atoms with Crippen LogP contribution in [0, 0.1) is 0 Å². The lowest BCUT2D eigenvalue weighted by Crippen LogP contribution is -2.27. The van der Waals surface area contributed by atoms with Gasteiger partial charge in [0.2, 0.25) is 10.0 Å². The molecule has 0 radical (unpaired) electrons. The van der Waals surface area contributed by atoms with Crippen molar-refractivity contribution < 1.29 is 8.42 Å². The van der Waals surface area contributed by atoms with E-state index in [9.17, 15) is 8.42 Å². The number of nitrogens with zero attached hydrogens (tertiary/aromatic N) is 4. The SMILES string of the molecule is O=S(=O)(c1ccc(-c2cccc(-n3cnnc3)c2)cc1)N1CCCC1. The van der Waals surface area contributed by atoms with Crippen LogP contribution in [0.15, 0.2) is 66.1 Å². The van der Waals surface area contributed by atoms with Crippen LogP contribution >= 0.6 is 0 Å². The quantitative estimate of drug-likeness (QED) is 0.722. The number of rotatable bonds is 4. The molecular formula is C18H18N4O2S. The van der Waals surface area contributed by atoms with E-state index in [1.165, 1.54) is 0 Å². The minimum absolute atomic E-state index is 0.355. The first-order valence-corrected chi connectivity index (χ1v) is 9.64. The molecule has 0 amide bonds. The second kappa shape index (κ2) is 6.42. The van der Waals surface area contributed by atoms with E-state index in [0.29, 0.717) is 18.0 Å². The third-order valence-corrected chi connectivity index (χ3v) is 6.37. The summed E-state index contributed by atoms with van der Waals surface area (Å²) in [6.45, 7) is 1.23. The molecule has 25 heavy (non-hydrogen) atoms. The molecule has 0 spiro atoms. The molecule has 1 aliphatic rings. The fourth-order valence-corrected chi connectivity index (χ4v) is 4.59. The summed E-state index contributed by atoms with van der Waals surface area (Å²) in [4.78, 5) is 0.355. The van der Waals surface area contributed by atoms with Gasteiger partial charge in [0.1, 0.15) is 12.7 Å². The number of hydrogen-bond donors (Lipinski definition) is 0. The Bertz CT molecular complexity index is 961. The first kappa shape index (κ1) is 16.0. The van der Waals surface area contributed by atoms with E-state index >= 15 is 0 Å². The maximum Gasteiger partial charge on any atom is 0.243 e. The van der Waals surface area contributed by atoms with Gasteiger partial charge in [-0.15, -0.1) is 10.2 Å². The Hall–Kier alpha value is -2.51. The van der Waals surface area contributed by atoms with Gasteiger partial charge in [-0.1, -0.05) is 24.3 Å². The Morgan fingerprint density at radius 1 is 0.840 bits per heavy atom. The number of benzene rings is 2. The van der Waals surface area contributed by atoms with Gasteiger partial charge in [0, 0.05) is 18.8 Å². The lowest BCUT2D eigenvalue weighted by molar-refractivity contribution is 0.477. The van der Waals surface area contributed by atoms with E-state index in [-0.39, 0.29) is 0 Å². The molecule has 0 atom stereocenters. The molecule has 128 valence electrons. The van der Waals surface area contributed by atoms with Crippen molar-refractivity contribution in [2.45, 2.75) is 17.7 Å². The summed E-state index contributed by atoms with van der Waals surface area (Å²) in [5.74, 6) is 0. The first-order chi connectivity index (χ1) is 12.1. The van der Waals surface area contributed by atoms with Crippen LogP contribution in [0.4, 0.5) is 0 Å². The lowest BCUT2D eigenvalue weighted by Gasteiger charge is -2.15. The fraction of sp³-hybridized carbons (Fsp3) is 0.222. The molecule has 0 N–H and O–H groups in total. The highest BCUT2D eigenvalue weighted by Gasteiger charge is 2.26. The summed E-state index contributed by atoms with van der Waals surface area (Å²) >= 11 is 0. The summed E-state index contributed by atoms with van der Waals surface area (Å²) in [6, 6.07) is 15.0. The predicted molar refractivity (Wildman–Crippen MR) is 94.8 cm³/mol. The van der Waals surface area contributed by atoms with E-state index in [4.69, 9.17) is 0 Å². The average molecular weight is 354 g/mol. The van der Waals surface area contributed by atoms with E-state index in [0.717, 1.165) is 29.7 Å². The standard InChI is InChI=1S/C18H18N4O2S/c23-25(24,22-10-1-2-11-22)18-8-6-15(7-9-18)16-4-3-5-17(12-16)21-13-19-20-14-21/h3-9,12-14H,1-2,10-11H2. The lowest BCUT2D eigenvalue weighted by atomic mass is 10.1. The Kier molecular flexibility index (Phi) is 4.10. The van der Waals surface area contributed by atoms with E-state index in [1.807, 2.05) is 41.0 Å². The molecule has 0 bridgehead atoms. The second-order valence-corrected chi connectivity index (χ2v) is 7.99. The van der Waals surface area contributed by atoms with Crippen LogP contribution < -0.4 is 0 Å². The molecule has 4 rings (SSSR count). The molecule has 2 aromatic carbocycles. The highest BCUT2D eigenvalue weighted by molar-refractivity contribution is 7.89. The maximum atomic E-state index is 12.6. The molecule has 1 fully saturated rings. The van der Waals surface area contributed by atoms with Gasteiger partial charge in [-0.05, 0) is 48.2 Å². The fourth-order valence-electron chi connectivity index (χ4n) is 3.08. The minimum Gasteiger partial charge on any atom is -0.288 e. The highest BCUT2D eigenvalue weighted by Crippen LogP contribution is 2.26. The monoisotopic (exact) mass is 354 g/mol. The number of hydrogen-bond acceptors (Lipinski definition) is 4. The van der Waals surface area contributed by atoms with Crippen LogP contribution in [0.1, 0.15) is 12.8 Å². The van der Waals surface area contributed by atoms with Crippen molar-refractivity contribution in [3.63, 3.8) is 0 Å². The minimum atomic E-state index is -3.37. The van der Waals surface area contributed by atoms with Gasteiger partial charge in [0.25, 0.3) is 0 Å². The summed E-state index contributed by atoms with van der Waals surface area (Å²) in [5.41, 5.74) is 2.93. The molecule has 3 aromatic rings. The third kappa shape index (κ3) is 3.08. The summed E-state index contributed by atoms with van der Waals surface area (Å²) in [7, 11) is -3.37. The molecule has 1 aromatic heterocycles. The number of sulfonamides is 1. The van der Waals surface area contributed by atoms with E-state index in [1.54, 1.807) is 29.1 Å². The zero-order valence-electron chi connectivity index (χ0n) is 13.6. The van der Waals surface area contributed by atoms with Gasteiger partial charge in [-0.3, -0.25) is 4.57 Å². The molecule has 0 unspecified atom stereocenters. The topological polar surface area (TPSA) is 68.1 Å². The molecule has 0 aliphatic carbocycles. The Morgan fingerprint density at radius 2 is 1.52 bits per heavy atom. The van der Waals surface area contributed by atoms with Crippen LogP contribution in [0.25, 0.3) is 16.8 Å². The van der Waals surface area contributed by atoms with Crippen LogP contribution in [0.5, 0.6) is 0 Å². The average Bonchev–Trinajstić information content (AvgIpc) is 3.36. The van der Waals surface area contributed by atoms with Crippen molar-refractivity contribution in [1.29, 1.82) is 0 Å². The summed E-state index contributed by atoms with van der Waals surface area (Å²) < 4.78 is 28.6. The Morgan fingerprint density at radius 3 is 2.20 bits per heavy atom. The van der Waals surface area contributed by atoms with E-state index < -0.39 is 10.0 Å². The smallest absolute Gasteiger partial charge is 0.243 e. The maximum absolute atomic E-state index is 12.6. The van der Waals surface area contributed by atoms with Crippen molar-refractivity contribution in [3.05, 3.63) is 61.2 Å². The van der Waals surface area contributed by atoms with Crippen LogP contribution in [0.3, 0.4) is 0 Å². The van der Waals surface area contributed by atoms with Crippen LogP contribution in [0.2, 0.25) is 0 Å². The molecule has 6 nitrogen and oxygen atoms in total. The largest absolute Gasteiger partial charge is 0.288 e. The molecule has 7 heteroatoms. The van der Waals surface area contributed by atoms with Gasteiger partial charge >= 0.3 is 0 Å². The van der Waals surface area contributed by atoms with Gasteiger partial charge in [-0.2, -0.15) is 4.31 Å². The zero-order chi connectivity index (χ0) is 17.3. The van der Waals surface area contributed by atoms with Crippen molar-refractivity contribution in [2.75, 3.05) is 13.1 Å². The van der Waals surface area contributed by atoms with Crippen molar-refractivity contribution in [3.8, 4) is 16.8 Å². The third-order valence-electron chi connectivity index (χ3n) is 4.45. The van der Waals surface area contributed by atoms with Gasteiger partial charge < -0.3 is 0 Å². The van der Waals surface area contributed by atoms with Crippen molar-refractivity contribution >= 4 is 10.0 Å². The first-order valence-electron chi connectivity index (χ1n) is 8.20. The molecule has 0 saturated carbocycles. The van der Waals surface area contributed by atoms with Crippen molar-refractivity contribution in [2.24, 2.45) is 0 Å².